The van der Waals surface area contributed by atoms with E-state index in [0.717, 1.165) is 5.56 Å². The van der Waals surface area contributed by atoms with Crippen LogP contribution in [0.15, 0.2) is 63.9 Å². The van der Waals surface area contributed by atoms with Crippen molar-refractivity contribution in [1.29, 1.82) is 0 Å². The van der Waals surface area contributed by atoms with Gasteiger partial charge in [-0.3, -0.25) is 9.69 Å². The van der Waals surface area contributed by atoms with Crippen LogP contribution in [0, 0.1) is 0 Å². The molecule has 0 radical (unpaired) electrons. The second kappa shape index (κ2) is 7.93. The Balaban J connectivity index is 1.62. The molecule has 2 aromatic carbocycles. The van der Waals surface area contributed by atoms with Gasteiger partial charge in [-0.25, -0.2) is 0 Å². The molecule has 0 spiro atoms. The zero-order valence-corrected chi connectivity index (χ0v) is 17.9. The van der Waals surface area contributed by atoms with Gasteiger partial charge in [0.25, 0.3) is 5.91 Å². The molecule has 3 nitrogen and oxygen atoms in total. The van der Waals surface area contributed by atoms with Gasteiger partial charge in [-0.15, -0.1) is 0 Å². The number of hydrogen-bond acceptors (Lipinski definition) is 4. The third-order valence-corrected chi connectivity index (χ3v) is 6.24. The third-order valence-electron chi connectivity index (χ3n) is 3.96. The van der Waals surface area contributed by atoms with Gasteiger partial charge in [0.1, 0.15) is 11.5 Å². The number of carbonyl (C=O) groups excluding carboxylic acids is 1. The van der Waals surface area contributed by atoms with E-state index in [2.05, 4.69) is 0 Å². The molecule has 3 aromatic rings. The Hall–Kier alpha value is -1.76. The molecule has 1 amide bonds. The lowest BCUT2D eigenvalue weighted by molar-refractivity contribution is -0.113. The molecule has 140 valence electrons. The van der Waals surface area contributed by atoms with Crippen LogP contribution in [0.4, 0.5) is 5.69 Å². The fraction of sp³-hybridized carbons (Fsp3) is 0. The SMILES string of the molecule is O=C1C(=Cc2ccc(-c3cccc(Cl)c3)o2)SC(=S)N1c1ccc(Cl)c(Cl)c1. The maximum Gasteiger partial charge on any atom is 0.270 e. The zero-order valence-electron chi connectivity index (χ0n) is 14.0. The van der Waals surface area contributed by atoms with E-state index in [9.17, 15) is 4.79 Å². The Morgan fingerprint density at radius 3 is 2.57 bits per heavy atom. The van der Waals surface area contributed by atoms with Gasteiger partial charge in [-0.2, -0.15) is 0 Å². The van der Waals surface area contributed by atoms with Crippen LogP contribution >= 0.6 is 58.8 Å². The highest BCUT2D eigenvalue weighted by Crippen LogP contribution is 2.38. The first-order valence-corrected chi connectivity index (χ1v) is 10.4. The average molecular weight is 467 g/mol. The summed E-state index contributed by atoms with van der Waals surface area (Å²) in [6.07, 6.45) is 1.67. The van der Waals surface area contributed by atoms with Crippen molar-refractivity contribution in [3.63, 3.8) is 0 Å². The third kappa shape index (κ3) is 3.86. The summed E-state index contributed by atoms with van der Waals surface area (Å²) in [5.74, 6) is 0.965. The fourth-order valence-electron chi connectivity index (χ4n) is 2.67. The predicted octanol–water partition coefficient (Wildman–Crippen LogP) is 7.31. The number of amides is 1. The highest BCUT2D eigenvalue weighted by molar-refractivity contribution is 8.27. The maximum atomic E-state index is 12.9. The van der Waals surface area contributed by atoms with Crippen molar-refractivity contribution in [2.75, 3.05) is 4.90 Å². The summed E-state index contributed by atoms with van der Waals surface area (Å²) in [7, 11) is 0. The summed E-state index contributed by atoms with van der Waals surface area (Å²) in [6, 6.07) is 15.9. The molecule has 2 heterocycles. The molecule has 1 saturated heterocycles. The summed E-state index contributed by atoms with van der Waals surface area (Å²) in [6.45, 7) is 0. The van der Waals surface area contributed by atoms with E-state index in [-0.39, 0.29) is 5.91 Å². The first-order valence-electron chi connectivity index (χ1n) is 8.01. The highest BCUT2D eigenvalue weighted by Gasteiger charge is 2.33. The van der Waals surface area contributed by atoms with Crippen molar-refractivity contribution >= 4 is 80.8 Å². The van der Waals surface area contributed by atoms with Crippen molar-refractivity contribution in [3.05, 3.63) is 80.3 Å². The lowest BCUT2D eigenvalue weighted by atomic mass is 10.2. The maximum absolute atomic E-state index is 12.9. The standard InChI is InChI=1S/C20H10Cl3NO2S2/c21-12-3-1-2-11(8-12)17-7-5-14(26-17)10-18-19(25)24(20(27)28-18)13-4-6-15(22)16(23)9-13/h1-10H. The molecule has 0 bridgehead atoms. The minimum Gasteiger partial charge on any atom is -0.457 e. The van der Waals surface area contributed by atoms with Crippen molar-refractivity contribution in [2.24, 2.45) is 0 Å². The number of rotatable bonds is 3. The molecule has 0 unspecified atom stereocenters. The molecule has 1 aliphatic heterocycles. The second-order valence-electron chi connectivity index (χ2n) is 5.83. The molecule has 28 heavy (non-hydrogen) atoms. The van der Waals surface area contributed by atoms with Crippen LogP contribution in [0.3, 0.4) is 0 Å². The Labute approximate surface area is 185 Å². The Morgan fingerprint density at radius 1 is 1.00 bits per heavy atom. The lowest BCUT2D eigenvalue weighted by Crippen LogP contribution is -2.27. The summed E-state index contributed by atoms with van der Waals surface area (Å²) >= 11 is 24.6. The minimum atomic E-state index is -0.242. The van der Waals surface area contributed by atoms with Gasteiger partial charge in [0.15, 0.2) is 4.32 Å². The molecule has 0 atom stereocenters. The van der Waals surface area contributed by atoms with Crippen molar-refractivity contribution < 1.29 is 9.21 Å². The number of furan rings is 1. The topological polar surface area (TPSA) is 33.5 Å². The van der Waals surface area contributed by atoms with Crippen LogP contribution in [0.2, 0.25) is 15.1 Å². The number of thioether (sulfide) groups is 1. The molecule has 0 N–H and O–H groups in total. The monoisotopic (exact) mass is 465 g/mol. The summed E-state index contributed by atoms with van der Waals surface area (Å²) < 4.78 is 6.26. The summed E-state index contributed by atoms with van der Waals surface area (Å²) in [4.78, 5) is 14.7. The first-order chi connectivity index (χ1) is 13.4. The summed E-state index contributed by atoms with van der Waals surface area (Å²) in [5.41, 5.74) is 1.43. The van der Waals surface area contributed by atoms with E-state index in [0.29, 0.717) is 41.5 Å². The summed E-state index contributed by atoms with van der Waals surface area (Å²) in [5, 5.41) is 1.39. The molecule has 4 rings (SSSR count). The van der Waals surface area contributed by atoms with E-state index in [4.69, 9.17) is 51.4 Å². The van der Waals surface area contributed by atoms with Crippen LogP contribution in [0.5, 0.6) is 0 Å². The number of anilines is 1. The van der Waals surface area contributed by atoms with Crippen LogP contribution in [-0.4, -0.2) is 10.2 Å². The van der Waals surface area contributed by atoms with Gasteiger partial charge >= 0.3 is 0 Å². The molecule has 0 aliphatic carbocycles. The minimum absolute atomic E-state index is 0.242. The zero-order chi connectivity index (χ0) is 19.8. The fourth-order valence-corrected chi connectivity index (χ4v) is 4.43. The van der Waals surface area contributed by atoms with Gasteiger partial charge in [0.05, 0.1) is 20.6 Å². The smallest absolute Gasteiger partial charge is 0.270 e. The molecule has 0 saturated carbocycles. The number of nitrogens with zero attached hydrogens (tertiary/aromatic N) is 1. The van der Waals surface area contributed by atoms with Gasteiger partial charge < -0.3 is 4.42 Å². The molecule has 8 heteroatoms. The van der Waals surface area contributed by atoms with E-state index >= 15 is 0 Å². The van der Waals surface area contributed by atoms with Gasteiger partial charge in [-0.05, 0) is 42.5 Å². The molecular weight excluding hydrogens is 457 g/mol. The second-order valence-corrected chi connectivity index (χ2v) is 8.75. The largest absolute Gasteiger partial charge is 0.457 e. The van der Waals surface area contributed by atoms with Crippen LogP contribution in [0.1, 0.15) is 5.76 Å². The molecular formula is C20H10Cl3NO2S2. The number of carbonyl (C=O) groups is 1. The van der Waals surface area contributed by atoms with Crippen LogP contribution in [-0.2, 0) is 4.79 Å². The number of hydrogen-bond donors (Lipinski definition) is 0. The average Bonchev–Trinajstić information content (AvgIpc) is 3.23. The highest BCUT2D eigenvalue weighted by atomic mass is 35.5. The molecule has 1 fully saturated rings. The van der Waals surface area contributed by atoms with Crippen LogP contribution < -0.4 is 4.90 Å². The van der Waals surface area contributed by atoms with Gasteiger partial charge in [0, 0.05) is 16.7 Å². The quantitative estimate of drug-likeness (QED) is 0.299. The number of halogens is 3. The van der Waals surface area contributed by atoms with Crippen molar-refractivity contribution in [3.8, 4) is 11.3 Å². The number of benzene rings is 2. The Kier molecular flexibility index (Phi) is 5.54. The van der Waals surface area contributed by atoms with Crippen molar-refractivity contribution in [1.82, 2.24) is 0 Å². The molecule has 1 aromatic heterocycles. The number of thiocarbonyl (C=S) groups is 1. The van der Waals surface area contributed by atoms with Gasteiger partial charge in [-0.1, -0.05) is 70.9 Å². The lowest BCUT2D eigenvalue weighted by Gasteiger charge is -2.15. The normalized spacial score (nSPS) is 15.7. The Bertz CT molecular complexity index is 1140. The van der Waals surface area contributed by atoms with E-state index in [1.54, 1.807) is 36.4 Å². The van der Waals surface area contributed by atoms with Gasteiger partial charge in [0.2, 0.25) is 0 Å². The van der Waals surface area contributed by atoms with E-state index < -0.39 is 0 Å². The van der Waals surface area contributed by atoms with E-state index in [1.807, 2.05) is 24.3 Å². The molecule has 1 aliphatic rings. The van der Waals surface area contributed by atoms with Crippen molar-refractivity contribution in [2.45, 2.75) is 0 Å². The Morgan fingerprint density at radius 2 is 1.82 bits per heavy atom. The van der Waals surface area contributed by atoms with Crippen LogP contribution in [0.25, 0.3) is 17.4 Å². The predicted molar refractivity (Wildman–Crippen MR) is 121 cm³/mol. The first kappa shape index (κ1) is 19.6. The van der Waals surface area contributed by atoms with E-state index in [1.165, 1.54) is 16.7 Å².